The number of methoxy groups -OCH3 is 1. The molecule has 4 rings (SSSR count). The van der Waals surface area contributed by atoms with Gasteiger partial charge in [0.15, 0.2) is 5.82 Å². The third kappa shape index (κ3) is 3.58. The number of para-hydroxylation sites is 1. The average molecular weight is 389 g/mol. The molecule has 3 aromatic carbocycles. The maximum absolute atomic E-state index is 13.4. The van der Waals surface area contributed by atoms with Crippen LogP contribution >= 0.6 is 0 Å². The van der Waals surface area contributed by atoms with Crippen molar-refractivity contribution in [1.29, 1.82) is 0 Å². The van der Waals surface area contributed by atoms with Crippen LogP contribution in [0.25, 0.3) is 22.3 Å². The van der Waals surface area contributed by atoms with Gasteiger partial charge in [-0.3, -0.25) is 15.0 Å². The Hall–Kier alpha value is -4.00. The van der Waals surface area contributed by atoms with Gasteiger partial charge in [-0.25, -0.2) is 9.37 Å². The Morgan fingerprint density at radius 3 is 2.38 bits per heavy atom. The number of fused-ring (bicyclic) bond motifs is 1. The fourth-order valence-corrected chi connectivity index (χ4v) is 2.94. The Labute approximate surface area is 165 Å². The second kappa shape index (κ2) is 7.55. The van der Waals surface area contributed by atoms with Crippen LogP contribution in [0.4, 0.5) is 4.39 Å². The van der Waals surface area contributed by atoms with E-state index in [-0.39, 0.29) is 5.82 Å². The summed E-state index contributed by atoms with van der Waals surface area (Å²) in [6.07, 6.45) is 0. The van der Waals surface area contributed by atoms with E-state index < -0.39 is 17.3 Å². The Morgan fingerprint density at radius 2 is 1.69 bits per heavy atom. The highest BCUT2D eigenvalue weighted by atomic mass is 19.1. The van der Waals surface area contributed by atoms with Gasteiger partial charge in [0.25, 0.3) is 11.5 Å². The van der Waals surface area contributed by atoms with Crippen LogP contribution in [0.15, 0.2) is 77.6 Å². The molecule has 0 aliphatic heterocycles. The quantitative estimate of drug-likeness (QED) is 0.579. The molecule has 4 aromatic rings. The number of amides is 1. The van der Waals surface area contributed by atoms with Crippen LogP contribution in [0.3, 0.4) is 0 Å². The van der Waals surface area contributed by atoms with Crippen LogP contribution in [0.5, 0.6) is 5.75 Å². The van der Waals surface area contributed by atoms with Crippen LogP contribution in [-0.2, 0) is 0 Å². The first-order valence-electron chi connectivity index (χ1n) is 8.80. The lowest BCUT2D eigenvalue weighted by Gasteiger charge is -2.15. The lowest BCUT2D eigenvalue weighted by atomic mass is 10.2. The fourth-order valence-electron chi connectivity index (χ4n) is 2.94. The van der Waals surface area contributed by atoms with Crippen molar-refractivity contribution >= 4 is 16.8 Å². The number of hydrogen-bond acceptors (Lipinski definition) is 4. The molecule has 1 amide bonds. The number of rotatable bonds is 4. The molecule has 0 spiro atoms. The normalized spacial score (nSPS) is 10.7. The molecule has 1 aromatic heterocycles. The molecule has 0 aliphatic rings. The minimum atomic E-state index is -0.491. The second-order valence-corrected chi connectivity index (χ2v) is 6.27. The number of halogens is 1. The average Bonchev–Trinajstić information content (AvgIpc) is 2.76. The number of benzene rings is 3. The fraction of sp³-hybridized carbons (Fsp3) is 0.0455. The molecular formula is C22H16FN3O3. The molecule has 0 unspecified atom stereocenters. The van der Waals surface area contributed by atoms with Crippen molar-refractivity contribution in [3.8, 4) is 17.1 Å². The smallest absolute Gasteiger partial charge is 0.280 e. The SMILES string of the molecule is COc1ccc(C(=O)Nn2c(-c3ccc(F)cc3)nc3ccccc3c2=O)cc1. The summed E-state index contributed by atoms with van der Waals surface area (Å²) < 4.78 is 19.5. The lowest BCUT2D eigenvalue weighted by Crippen LogP contribution is -2.35. The molecule has 144 valence electrons. The first kappa shape index (κ1) is 18.4. The second-order valence-electron chi connectivity index (χ2n) is 6.27. The Bertz CT molecular complexity index is 1250. The van der Waals surface area contributed by atoms with E-state index in [2.05, 4.69) is 10.4 Å². The Kier molecular flexibility index (Phi) is 4.78. The predicted molar refractivity (Wildman–Crippen MR) is 108 cm³/mol. The van der Waals surface area contributed by atoms with Crippen LogP contribution in [-0.4, -0.2) is 22.7 Å². The van der Waals surface area contributed by atoms with Crippen LogP contribution in [0.1, 0.15) is 10.4 Å². The third-order valence-corrected chi connectivity index (χ3v) is 4.44. The van der Waals surface area contributed by atoms with Crippen molar-refractivity contribution in [2.45, 2.75) is 0 Å². The molecule has 29 heavy (non-hydrogen) atoms. The minimum absolute atomic E-state index is 0.204. The zero-order valence-corrected chi connectivity index (χ0v) is 15.4. The third-order valence-electron chi connectivity index (χ3n) is 4.44. The summed E-state index contributed by atoms with van der Waals surface area (Å²) in [7, 11) is 1.53. The molecule has 0 aliphatic carbocycles. The van der Waals surface area contributed by atoms with E-state index in [0.29, 0.717) is 27.8 Å². The molecule has 6 nitrogen and oxygen atoms in total. The standard InChI is InChI=1S/C22H16FN3O3/c1-29-17-12-8-15(9-13-17)21(27)25-26-20(14-6-10-16(23)11-7-14)24-19-5-3-2-4-18(19)22(26)28/h2-13H,1H3,(H,25,27). The molecule has 0 atom stereocenters. The van der Waals surface area contributed by atoms with E-state index in [1.165, 1.54) is 31.4 Å². The largest absolute Gasteiger partial charge is 0.497 e. The van der Waals surface area contributed by atoms with E-state index >= 15 is 0 Å². The Morgan fingerprint density at radius 1 is 1.00 bits per heavy atom. The van der Waals surface area contributed by atoms with Gasteiger partial charge < -0.3 is 4.74 Å². The van der Waals surface area contributed by atoms with E-state index in [1.807, 2.05) is 0 Å². The summed E-state index contributed by atoms with van der Waals surface area (Å²) >= 11 is 0. The van der Waals surface area contributed by atoms with E-state index in [0.717, 1.165) is 4.68 Å². The summed E-state index contributed by atoms with van der Waals surface area (Å²) in [6, 6.07) is 18.9. The first-order chi connectivity index (χ1) is 14.1. The summed E-state index contributed by atoms with van der Waals surface area (Å²) in [5, 5.41) is 0.355. The monoisotopic (exact) mass is 389 g/mol. The van der Waals surface area contributed by atoms with Crippen LogP contribution in [0, 0.1) is 5.82 Å². The van der Waals surface area contributed by atoms with Crippen molar-refractivity contribution < 1.29 is 13.9 Å². The van der Waals surface area contributed by atoms with Gasteiger partial charge in [-0.1, -0.05) is 12.1 Å². The molecular weight excluding hydrogens is 373 g/mol. The van der Waals surface area contributed by atoms with E-state index in [4.69, 9.17) is 4.74 Å². The summed E-state index contributed by atoms with van der Waals surface area (Å²) in [5.74, 6) is -0.0884. The summed E-state index contributed by atoms with van der Waals surface area (Å²) in [6.45, 7) is 0. The van der Waals surface area contributed by atoms with Crippen molar-refractivity contribution in [3.63, 3.8) is 0 Å². The zero-order valence-electron chi connectivity index (χ0n) is 15.4. The summed E-state index contributed by atoms with van der Waals surface area (Å²) in [5.41, 5.74) is 3.48. The first-order valence-corrected chi connectivity index (χ1v) is 8.80. The van der Waals surface area contributed by atoms with Crippen LogP contribution in [0.2, 0.25) is 0 Å². The number of nitrogens with zero attached hydrogens (tertiary/aromatic N) is 2. The topological polar surface area (TPSA) is 73.2 Å². The maximum Gasteiger partial charge on any atom is 0.280 e. The highest BCUT2D eigenvalue weighted by Crippen LogP contribution is 2.19. The number of carbonyl (C=O) groups is 1. The van der Waals surface area contributed by atoms with Gasteiger partial charge in [0.1, 0.15) is 11.6 Å². The van der Waals surface area contributed by atoms with Crippen molar-refractivity contribution in [1.82, 2.24) is 9.66 Å². The molecule has 1 N–H and O–H groups in total. The minimum Gasteiger partial charge on any atom is -0.497 e. The number of carbonyl (C=O) groups excluding carboxylic acids is 1. The molecule has 7 heteroatoms. The van der Waals surface area contributed by atoms with E-state index in [1.54, 1.807) is 48.5 Å². The van der Waals surface area contributed by atoms with Crippen molar-refractivity contribution in [2.24, 2.45) is 0 Å². The predicted octanol–water partition coefficient (Wildman–Crippen LogP) is 3.60. The van der Waals surface area contributed by atoms with Crippen molar-refractivity contribution in [2.75, 3.05) is 12.5 Å². The Balaban J connectivity index is 1.83. The number of hydrogen-bond donors (Lipinski definition) is 1. The number of ether oxygens (including phenoxy) is 1. The maximum atomic E-state index is 13.4. The molecule has 0 saturated carbocycles. The van der Waals surface area contributed by atoms with E-state index in [9.17, 15) is 14.0 Å². The molecule has 0 radical (unpaired) electrons. The summed E-state index contributed by atoms with van der Waals surface area (Å²) in [4.78, 5) is 30.3. The molecule has 0 saturated heterocycles. The van der Waals surface area contributed by atoms with Gasteiger partial charge in [0.2, 0.25) is 0 Å². The highest BCUT2D eigenvalue weighted by Gasteiger charge is 2.16. The van der Waals surface area contributed by atoms with Gasteiger partial charge in [0, 0.05) is 11.1 Å². The zero-order chi connectivity index (χ0) is 20.4. The van der Waals surface area contributed by atoms with Gasteiger partial charge >= 0.3 is 0 Å². The van der Waals surface area contributed by atoms with Crippen molar-refractivity contribution in [3.05, 3.63) is 94.5 Å². The molecule has 0 fully saturated rings. The highest BCUT2D eigenvalue weighted by molar-refractivity contribution is 6.00. The molecule has 1 heterocycles. The van der Waals surface area contributed by atoms with Gasteiger partial charge in [-0.05, 0) is 60.7 Å². The van der Waals surface area contributed by atoms with Crippen LogP contribution < -0.4 is 15.7 Å². The van der Waals surface area contributed by atoms with Gasteiger partial charge in [-0.2, -0.15) is 4.68 Å². The molecule has 0 bridgehead atoms. The van der Waals surface area contributed by atoms with Gasteiger partial charge in [0.05, 0.1) is 18.0 Å². The lowest BCUT2D eigenvalue weighted by molar-refractivity contribution is 0.101. The number of aromatic nitrogens is 2. The number of nitrogens with one attached hydrogen (secondary N) is 1. The van der Waals surface area contributed by atoms with Gasteiger partial charge in [-0.15, -0.1) is 0 Å².